The number of aromatic nitrogens is 2. The molecule has 2 aliphatic carbocycles. The SMILES string of the molecule is CC1C=CC=C2N(c3cccc4ccccc34)c3ccccc3C3(C)C=CC(c4ccc5c6ccc(-c7ccc8ccccc8n7)cc6n(-c6ccc(-c7ccccc7)cc6)c5c4)=CC213. The molecule has 3 aliphatic rings. The molecule has 65 heavy (non-hydrogen) atoms. The highest BCUT2D eigenvalue weighted by molar-refractivity contribution is 6.11. The topological polar surface area (TPSA) is 21.1 Å². The van der Waals surface area contributed by atoms with Crippen molar-refractivity contribution in [2.75, 3.05) is 4.90 Å². The molecule has 0 fully saturated rings. The van der Waals surface area contributed by atoms with Crippen LogP contribution in [0.2, 0.25) is 0 Å². The van der Waals surface area contributed by atoms with Gasteiger partial charge in [-0.3, -0.25) is 0 Å². The summed E-state index contributed by atoms with van der Waals surface area (Å²) in [4.78, 5) is 7.69. The summed E-state index contributed by atoms with van der Waals surface area (Å²) in [7, 11) is 0. The van der Waals surface area contributed by atoms with E-state index in [-0.39, 0.29) is 16.7 Å². The fourth-order valence-electron chi connectivity index (χ4n) is 11.6. The Labute approximate surface area is 379 Å². The number of para-hydroxylation sites is 2. The zero-order chi connectivity index (χ0) is 43.3. The van der Waals surface area contributed by atoms with E-state index >= 15 is 0 Å². The van der Waals surface area contributed by atoms with Gasteiger partial charge in [-0.1, -0.05) is 190 Å². The molecule has 3 atom stereocenters. The van der Waals surface area contributed by atoms with Crippen molar-refractivity contribution in [3.63, 3.8) is 0 Å². The van der Waals surface area contributed by atoms with Gasteiger partial charge in [0, 0.05) is 55.0 Å². The number of fused-ring (bicyclic) bond motifs is 7. The van der Waals surface area contributed by atoms with E-state index in [2.05, 4.69) is 254 Å². The number of hydrogen-bond donors (Lipinski definition) is 0. The summed E-state index contributed by atoms with van der Waals surface area (Å²) in [6.07, 6.45) is 14.6. The zero-order valence-corrected chi connectivity index (χ0v) is 36.4. The summed E-state index contributed by atoms with van der Waals surface area (Å²) < 4.78 is 2.46. The number of allylic oxidation sites excluding steroid dienone is 7. The first-order chi connectivity index (χ1) is 32.0. The number of nitrogens with zero attached hydrogens (tertiary/aromatic N) is 3. The van der Waals surface area contributed by atoms with Gasteiger partial charge in [0.2, 0.25) is 0 Å². The van der Waals surface area contributed by atoms with Gasteiger partial charge in [0.05, 0.1) is 27.9 Å². The Bertz CT molecular complexity index is 3690. The maximum absolute atomic E-state index is 5.12. The summed E-state index contributed by atoms with van der Waals surface area (Å²) in [6, 6.07) is 70.9. The fourth-order valence-corrected chi connectivity index (χ4v) is 11.6. The van der Waals surface area contributed by atoms with E-state index in [4.69, 9.17) is 4.98 Å². The molecular formula is C62H45N3. The van der Waals surface area contributed by atoms with Crippen LogP contribution in [-0.2, 0) is 5.41 Å². The lowest BCUT2D eigenvalue weighted by Crippen LogP contribution is -2.55. The molecule has 0 N–H and O–H groups in total. The molecule has 13 rings (SSSR count). The second kappa shape index (κ2) is 14.3. The molecule has 0 amide bonds. The summed E-state index contributed by atoms with van der Waals surface area (Å²) >= 11 is 0. The zero-order valence-electron chi connectivity index (χ0n) is 36.4. The van der Waals surface area contributed by atoms with Gasteiger partial charge in [0.25, 0.3) is 0 Å². The minimum absolute atomic E-state index is 0.207. The van der Waals surface area contributed by atoms with Crippen LogP contribution in [0.15, 0.2) is 236 Å². The van der Waals surface area contributed by atoms with Gasteiger partial charge in [-0.25, -0.2) is 4.98 Å². The summed E-state index contributed by atoms with van der Waals surface area (Å²) in [5.41, 5.74) is 15.7. The van der Waals surface area contributed by atoms with Crippen molar-refractivity contribution in [3.8, 4) is 28.1 Å². The lowest BCUT2D eigenvalue weighted by molar-refractivity contribution is 0.216. The predicted octanol–water partition coefficient (Wildman–Crippen LogP) is 16.0. The highest BCUT2D eigenvalue weighted by Gasteiger charge is 2.59. The van der Waals surface area contributed by atoms with Crippen LogP contribution in [0.25, 0.3) is 77.1 Å². The molecule has 2 aromatic heterocycles. The van der Waals surface area contributed by atoms with Gasteiger partial charge >= 0.3 is 0 Å². The molecule has 0 bridgehead atoms. The molecule has 10 aromatic rings. The summed E-state index contributed by atoms with van der Waals surface area (Å²) in [6.45, 7) is 4.87. The van der Waals surface area contributed by atoms with Crippen molar-refractivity contribution in [1.29, 1.82) is 0 Å². The van der Waals surface area contributed by atoms with Gasteiger partial charge in [-0.15, -0.1) is 0 Å². The number of hydrogen-bond acceptors (Lipinski definition) is 2. The van der Waals surface area contributed by atoms with Crippen LogP contribution < -0.4 is 4.90 Å². The summed E-state index contributed by atoms with van der Waals surface area (Å²) in [5.74, 6) is 0.207. The van der Waals surface area contributed by atoms with E-state index in [1.54, 1.807) is 0 Å². The normalized spacial score (nSPS) is 19.8. The van der Waals surface area contributed by atoms with Gasteiger partial charge in [-0.05, 0) is 93.7 Å². The first-order valence-corrected chi connectivity index (χ1v) is 22.8. The Hall–Kier alpha value is -8.01. The van der Waals surface area contributed by atoms with Crippen molar-refractivity contribution in [2.45, 2.75) is 19.3 Å². The van der Waals surface area contributed by atoms with E-state index in [0.717, 1.165) is 33.4 Å². The van der Waals surface area contributed by atoms with Gasteiger partial charge in [-0.2, -0.15) is 0 Å². The van der Waals surface area contributed by atoms with Crippen molar-refractivity contribution < 1.29 is 0 Å². The molecule has 1 spiro atoms. The van der Waals surface area contributed by atoms with E-state index < -0.39 is 0 Å². The van der Waals surface area contributed by atoms with Crippen LogP contribution in [0.3, 0.4) is 0 Å². The Balaban J connectivity index is 1.01. The first-order valence-electron chi connectivity index (χ1n) is 22.8. The average molecular weight is 832 g/mol. The third kappa shape index (κ3) is 5.52. The maximum Gasteiger partial charge on any atom is 0.0710 e. The Morgan fingerprint density at radius 3 is 2.05 bits per heavy atom. The largest absolute Gasteiger partial charge is 0.312 e. The third-order valence-corrected chi connectivity index (χ3v) is 14.8. The van der Waals surface area contributed by atoms with Crippen molar-refractivity contribution in [1.82, 2.24) is 9.55 Å². The number of anilines is 2. The van der Waals surface area contributed by atoms with Crippen LogP contribution >= 0.6 is 0 Å². The molecule has 0 saturated heterocycles. The minimum Gasteiger partial charge on any atom is -0.312 e. The van der Waals surface area contributed by atoms with Crippen LogP contribution in [0.5, 0.6) is 0 Å². The number of benzene rings is 8. The first kappa shape index (κ1) is 37.5. The van der Waals surface area contributed by atoms with E-state index in [0.29, 0.717) is 0 Å². The second-order valence-corrected chi connectivity index (χ2v) is 18.2. The summed E-state index contributed by atoms with van der Waals surface area (Å²) in [5, 5.41) is 6.07. The molecule has 3 unspecified atom stereocenters. The molecule has 0 saturated carbocycles. The maximum atomic E-state index is 5.12. The highest BCUT2D eigenvalue weighted by atomic mass is 15.2. The fraction of sp³-hybridized carbons (Fsp3) is 0.0806. The second-order valence-electron chi connectivity index (χ2n) is 18.2. The van der Waals surface area contributed by atoms with Crippen LogP contribution in [0.4, 0.5) is 11.4 Å². The molecule has 0 radical (unpaired) electrons. The van der Waals surface area contributed by atoms with Gasteiger partial charge in [0.1, 0.15) is 0 Å². The quantitative estimate of drug-likeness (QED) is 0.172. The van der Waals surface area contributed by atoms with Gasteiger partial charge < -0.3 is 9.47 Å². The van der Waals surface area contributed by atoms with Gasteiger partial charge in [0.15, 0.2) is 0 Å². The number of pyridine rings is 1. The molecule has 3 heterocycles. The molecule has 1 aliphatic heterocycles. The monoisotopic (exact) mass is 831 g/mol. The van der Waals surface area contributed by atoms with E-state index in [1.807, 2.05) is 0 Å². The standard InChI is InChI=1S/C62H45N3/c1-41-14-12-25-60-62(41)40-48(36-37-61(62,2)53-21-9-11-23-57(53)65(60)56-24-13-19-44-17-6-8-20-50(44)56)46-28-33-51-52-34-29-47(55-35-30-45-18-7-10-22-54(45)63-55)39-59(52)64(58(51)38-46)49-31-26-43(27-32-49)42-15-4-3-5-16-42/h3-41H,1-2H3. The smallest absolute Gasteiger partial charge is 0.0710 e. The molecule has 308 valence electrons. The Morgan fingerprint density at radius 2 is 1.20 bits per heavy atom. The average Bonchev–Trinajstić information content (AvgIpc) is 3.69. The predicted molar refractivity (Wildman–Crippen MR) is 273 cm³/mol. The minimum atomic E-state index is -0.381. The Morgan fingerprint density at radius 1 is 0.538 bits per heavy atom. The molecule has 3 heteroatoms. The lowest BCUT2D eigenvalue weighted by atomic mass is 9.49. The highest BCUT2D eigenvalue weighted by Crippen LogP contribution is 2.65. The van der Waals surface area contributed by atoms with Crippen LogP contribution in [0.1, 0.15) is 25.0 Å². The molecule has 3 nitrogen and oxygen atoms in total. The van der Waals surface area contributed by atoms with Crippen molar-refractivity contribution in [2.24, 2.45) is 11.3 Å². The molecule has 8 aromatic carbocycles. The van der Waals surface area contributed by atoms with E-state index in [1.165, 1.54) is 72.0 Å². The van der Waals surface area contributed by atoms with Crippen molar-refractivity contribution >= 4 is 60.4 Å². The van der Waals surface area contributed by atoms with E-state index in [9.17, 15) is 0 Å². The van der Waals surface area contributed by atoms with Crippen molar-refractivity contribution in [3.05, 3.63) is 247 Å². The van der Waals surface area contributed by atoms with Crippen LogP contribution in [-0.4, -0.2) is 9.55 Å². The third-order valence-electron chi connectivity index (χ3n) is 14.8. The molecular weight excluding hydrogens is 787 g/mol. The van der Waals surface area contributed by atoms with Crippen LogP contribution in [0, 0.1) is 11.3 Å². The Kier molecular flexibility index (Phi) is 8.23. The lowest BCUT2D eigenvalue weighted by Gasteiger charge is -2.59. The number of rotatable bonds is 5.